The van der Waals surface area contributed by atoms with Gasteiger partial charge in [-0.3, -0.25) is 14.5 Å². The Balaban J connectivity index is 2.12. The van der Waals surface area contributed by atoms with E-state index in [9.17, 15) is 9.59 Å². The van der Waals surface area contributed by atoms with Crippen molar-refractivity contribution in [2.45, 2.75) is 0 Å². The highest BCUT2D eigenvalue weighted by atomic mass is 32.2. The number of carbonyl (C=O) groups is 2. The van der Waals surface area contributed by atoms with E-state index in [1.165, 1.54) is 0 Å². The molecule has 0 aromatic heterocycles. The number of carbonyl (C=O) groups excluding carboxylic acids is 1. The maximum atomic E-state index is 12.1. The minimum Gasteiger partial charge on any atom is -0.490 e. The van der Waals surface area contributed by atoms with Crippen molar-refractivity contribution < 1.29 is 19.4 Å². The zero-order chi connectivity index (χ0) is 16.1. The van der Waals surface area contributed by atoms with Crippen molar-refractivity contribution in [2.24, 2.45) is 0 Å². The fraction of sp³-hybridized carbons (Fsp3) is 0.133. The molecule has 5 nitrogen and oxygen atoms in total. The molecule has 0 bridgehead atoms. The molecule has 1 N–H and O–H groups in total. The molecule has 7 heteroatoms. The summed E-state index contributed by atoms with van der Waals surface area (Å²) >= 11 is 6.13. The number of nitrogens with zero attached hydrogens (tertiary/aromatic N) is 1. The van der Waals surface area contributed by atoms with Crippen LogP contribution in [0.4, 0.5) is 0 Å². The van der Waals surface area contributed by atoms with Gasteiger partial charge in [0.2, 0.25) is 0 Å². The molecule has 1 aromatic carbocycles. The molecule has 0 unspecified atom stereocenters. The quantitative estimate of drug-likeness (QED) is 0.489. The molecule has 0 atom stereocenters. The number of amides is 1. The molecule has 1 aliphatic rings. The van der Waals surface area contributed by atoms with Crippen LogP contribution in [-0.2, 0) is 9.59 Å². The molecule has 0 saturated carbocycles. The van der Waals surface area contributed by atoms with Crippen molar-refractivity contribution in [1.29, 1.82) is 0 Å². The van der Waals surface area contributed by atoms with Crippen LogP contribution in [0.5, 0.6) is 5.75 Å². The van der Waals surface area contributed by atoms with Gasteiger partial charge >= 0.3 is 5.97 Å². The molecule has 1 heterocycles. The first kappa shape index (κ1) is 16.3. The molecule has 1 aromatic rings. The second-order valence-corrected chi connectivity index (χ2v) is 6.01. The fourth-order valence-electron chi connectivity index (χ4n) is 1.74. The topological polar surface area (TPSA) is 66.8 Å². The third-order valence-corrected chi connectivity index (χ3v) is 4.09. The number of aliphatic carboxylic acids is 1. The normalized spacial score (nSPS) is 16.2. The number of thioether (sulfide) groups is 1. The van der Waals surface area contributed by atoms with E-state index in [2.05, 4.69) is 6.58 Å². The first-order chi connectivity index (χ1) is 10.5. The van der Waals surface area contributed by atoms with Crippen LogP contribution in [0.15, 0.2) is 41.8 Å². The number of rotatable bonds is 6. The van der Waals surface area contributed by atoms with Gasteiger partial charge in [0.1, 0.15) is 23.2 Å². The Morgan fingerprint density at radius 2 is 2.09 bits per heavy atom. The zero-order valence-corrected chi connectivity index (χ0v) is 13.2. The van der Waals surface area contributed by atoms with Gasteiger partial charge in [-0.05, 0) is 23.8 Å². The standard InChI is InChI=1S/C15H13NO4S2/c1-2-7-20-11-5-3-10(4-6-11)8-12-14(19)16(9-13(17)18)15(21)22-12/h2-6,8H,1,7,9H2,(H,17,18)/b12-8+. The molecule has 1 amide bonds. The lowest BCUT2D eigenvalue weighted by Crippen LogP contribution is -2.33. The lowest BCUT2D eigenvalue weighted by Gasteiger charge is -2.10. The smallest absolute Gasteiger partial charge is 0.323 e. The molecule has 114 valence electrons. The molecule has 0 radical (unpaired) electrons. The first-order valence-electron chi connectivity index (χ1n) is 6.32. The van der Waals surface area contributed by atoms with E-state index in [0.717, 1.165) is 22.2 Å². The van der Waals surface area contributed by atoms with Crippen LogP contribution in [0.3, 0.4) is 0 Å². The minimum absolute atomic E-state index is 0.254. The molecular weight excluding hydrogens is 322 g/mol. The summed E-state index contributed by atoms with van der Waals surface area (Å²) in [5, 5.41) is 8.78. The number of thiocarbonyl (C=S) groups is 1. The van der Waals surface area contributed by atoms with Gasteiger partial charge in [-0.15, -0.1) is 0 Å². The van der Waals surface area contributed by atoms with Crippen LogP contribution >= 0.6 is 24.0 Å². The Kier molecular flexibility index (Phi) is 5.35. The maximum Gasteiger partial charge on any atom is 0.323 e. The summed E-state index contributed by atoms with van der Waals surface area (Å²) in [6, 6.07) is 7.19. The molecule has 0 spiro atoms. The van der Waals surface area contributed by atoms with Crippen molar-refractivity contribution >= 4 is 46.3 Å². The lowest BCUT2D eigenvalue weighted by atomic mass is 10.2. The van der Waals surface area contributed by atoms with Gasteiger partial charge in [0.15, 0.2) is 0 Å². The molecule has 2 rings (SSSR count). The summed E-state index contributed by atoms with van der Waals surface area (Å²) < 4.78 is 5.63. The number of benzene rings is 1. The van der Waals surface area contributed by atoms with Gasteiger partial charge in [0, 0.05) is 0 Å². The first-order valence-corrected chi connectivity index (χ1v) is 7.54. The summed E-state index contributed by atoms with van der Waals surface area (Å²) in [4.78, 5) is 24.3. The Morgan fingerprint density at radius 1 is 1.41 bits per heavy atom. The number of ether oxygens (including phenoxy) is 1. The van der Waals surface area contributed by atoms with Crippen molar-refractivity contribution in [3.63, 3.8) is 0 Å². The predicted octanol–water partition coefficient (Wildman–Crippen LogP) is 2.54. The highest BCUT2D eigenvalue weighted by Gasteiger charge is 2.33. The van der Waals surface area contributed by atoms with Crippen molar-refractivity contribution in [3.8, 4) is 5.75 Å². The van der Waals surface area contributed by atoms with Gasteiger partial charge in [-0.1, -0.05) is 48.8 Å². The molecule has 1 aliphatic heterocycles. The number of carboxylic acids is 1. The summed E-state index contributed by atoms with van der Waals surface area (Å²) in [6.07, 6.45) is 3.33. The lowest BCUT2D eigenvalue weighted by molar-refractivity contribution is -0.140. The number of hydrogen-bond acceptors (Lipinski definition) is 5. The van der Waals surface area contributed by atoms with Crippen LogP contribution in [0.2, 0.25) is 0 Å². The van der Waals surface area contributed by atoms with Gasteiger partial charge < -0.3 is 9.84 Å². The fourth-order valence-corrected chi connectivity index (χ4v) is 2.99. The van der Waals surface area contributed by atoms with E-state index in [0.29, 0.717) is 17.3 Å². The summed E-state index contributed by atoms with van der Waals surface area (Å²) in [5.41, 5.74) is 0.807. The molecular formula is C15H13NO4S2. The number of carboxylic acid groups (broad SMARTS) is 1. The van der Waals surface area contributed by atoms with Crippen molar-refractivity contribution in [2.75, 3.05) is 13.2 Å². The highest BCUT2D eigenvalue weighted by molar-refractivity contribution is 8.26. The zero-order valence-electron chi connectivity index (χ0n) is 11.5. The summed E-state index contributed by atoms with van der Waals surface area (Å²) in [5.74, 6) is -0.777. The maximum absolute atomic E-state index is 12.1. The molecule has 22 heavy (non-hydrogen) atoms. The highest BCUT2D eigenvalue weighted by Crippen LogP contribution is 2.32. The predicted molar refractivity (Wildman–Crippen MR) is 89.6 cm³/mol. The van der Waals surface area contributed by atoms with Crippen LogP contribution < -0.4 is 4.74 Å². The summed E-state index contributed by atoms with van der Waals surface area (Å²) in [7, 11) is 0. The van der Waals surface area contributed by atoms with E-state index in [4.69, 9.17) is 22.1 Å². The second-order valence-electron chi connectivity index (χ2n) is 4.33. The van der Waals surface area contributed by atoms with Gasteiger partial charge in [-0.2, -0.15) is 0 Å². The molecule has 1 fully saturated rings. The van der Waals surface area contributed by atoms with Crippen LogP contribution in [-0.4, -0.2) is 39.4 Å². The number of hydrogen-bond donors (Lipinski definition) is 1. The van der Waals surface area contributed by atoms with E-state index in [1.807, 2.05) is 12.1 Å². The average Bonchev–Trinajstić information content (AvgIpc) is 2.74. The Bertz CT molecular complexity index is 652. The molecule has 1 saturated heterocycles. The Morgan fingerprint density at radius 3 is 2.68 bits per heavy atom. The average molecular weight is 335 g/mol. The van der Waals surface area contributed by atoms with E-state index in [1.54, 1.807) is 24.3 Å². The van der Waals surface area contributed by atoms with Crippen molar-refractivity contribution in [1.82, 2.24) is 4.90 Å². The largest absolute Gasteiger partial charge is 0.490 e. The Labute approximate surface area is 137 Å². The van der Waals surface area contributed by atoms with Crippen molar-refractivity contribution in [3.05, 3.63) is 47.4 Å². The SMILES string of the molecule is C=CCOc1ccc(/C=C2/SC(=S)N(CC(=O)O)C2=O)cc1. The Hall–Kier alpha value is -2.12. The van der Waals surface area contributed by atoms with Gasteiger partial charge in [-0.25, -0.2) is 0 Å². The minimum atomic E-state index is -1.10. The van der Waals surface area contributed by atoms with E-state index in [-0.39, 0.29) is 10.2 Å². The summed E-state index contributed by atoms with van der Waals surface area (Å²) in [6.45, 7) is 3.57. The monoisotopic (exact) mass is 335 g/mol. The third-order valence-electron chi connectivity index (χ3n) is 2.71. The third kappa shape index (κ3) is 3.96. The van der Waals surface area contributed by atoms with Crippen LogP contribution in [0.1, 0.15) is 5.56 Å². The second kappa shape index (κ2) is 7.24. The van der Waals surface area contributed by atoms with Crippen LogP contribution in [0.25, 0.3) is 6.08 Å². The van der Waals surface area contributed by atoms with E-state index >= 15 is 0 Å². The van der Waals surface area contributed by atoms with E-state index < -0.39 is 12.5 Å². The van der Waals surface area contributed by atoms with Gasteiger partial charge in [0.05, 0.1) is 4.91 Å². The van der Waals surface area contributed by atoms with Crippen LogP contribution in [0, 0.1) is 0 Å². The molecule has 0 aliphatic carbocycles. The van der Waals surface area contributed by atoms with Gasteiger partial charge in [0.25, 0.3) is 5.91 Å².